The number of alkyl halides is 3. The molecule has 2 atom stereocenters. The number of carbonyl (C=O) groups is 2. The van der Waals surface area contributed by atoms with Crippen LogP contribution < -0.4 is 15.4 Å². The van der Waals surface area contributed by atoms with Gasteiger partial charge in [-0.25, -0.2) is 9.59 Å². The standard InChI is InChI=1S/C31H37BrF3N5O5/c1-4-7-20(5-2)18-44-29(42)40-19-30(17-23(40)27(41)43-6-3)12-14-39(15-13-30)24-16-25(38-28(36)37-24)45-26(31(33,34)35)21-8-10-22(32)11-9-21/h4-5,7-11,16,23,26H,6,12-15,17-19H2,1-3H3,(H2,36,37,38)/b7-4-,20-5+/t23-,26+/m0/s1. The van der Waals surface area contributed by atoms with E-state index in [1.165, 1.54) is 35.2 Å². The second-order valence-electron chi connectivity index (χ2n) is 11.0. The van der Waals surface area contributed by atoms with Gasteiger partial charge in [0.05, 0.1) is 6.61 Å². The smallest absolute Gasteiger partial charge is 0.429 e. The van der Waals surface area contributed by atoms with Gasteiger partial charge in [-0.15, -0.1) is 0 Å². The summed E-state index contributed by atoms with van der Waals surface area (Å²) >= 11 is 3.23. The molecule has 2 saturated heterocycles. The number of nitrogens with zero attached hydrogens (tertiary/aromatic N) is 4. The number of nitrogen functional groups attached to an aromatic ring is 1. The van der Waals surface area contributed by atoms with Gasteiger partial charge in [0.1, 0.15) is 18.5 Å². The van der Waals surface area contributed by atoms with Crippen LogP contribution in [0.15, 0.2) is 58.6 Å². The normalized spacial score (nSPS) is 19.2. The zero-order chi connectivity index (χ0) is 32.8. The number of nitrogens with two attached hydrogens (primary N) is 1. The van der Waals surface area contributed by atoms with Crippen LogP contribution in [0.25, 0.3) is 0 Å². The second-order valence-corrected chi connectivity index (χ2v) is 11.9. The van der Waals surface area contributed by atoms with Crippen LogP contribution in [0.5, 0.6) is 5.88 Å². The third-order valence-corrected chi connectivity index (χ3v) is 8.51. The quantitative estimate of drug-likeness (QED) is 0.235. The van der Waals surface area contributed by atoms with E-state index in [-0.39, 0.29) is 36.0 Å². The predicted octanol–water partition coefficient (Wildman–Crippen LogP) is 6.39. The lowest BCUT2D eigenvalue weighted by Gasteiger charge is -2.39. The average molecular weight is 697 g/mol. The molecule has 1 aromatic heterocycles. The molecule has 0 unspecified atom stereocenters. The van der Waals surface area contributed by atoms with Crippen molar-refractivity contribution >= 4 is 39.8 Å². The summed E-state index contributed by atoms with van der Waals surface area (Å²) in [7, 11) is 0. The van der Waals surface area contributed by atoms with Crippen LogP contribution in [-0.2, 0) is 14.3 Å². The molecular formula is C31H37BrF3N5O5. The summed E-state index contributed by atoms with van der Waals surface area (Å²) in [4.78, 5) is 37.5. The first-order valence-electron chi connectivity index (χ1n) is 14.6. The van der Waals surface area contributed by atoms with Crippen LogP contribution in [0, 0.1) is 5.41 Å². The van der Waals surface area contributed by atoms with Gasteiger partial charge in [0.15, 0.2) is 0 Å². The minimum Gasteiger partial charge on any atom is -0.464 e. The van der Waals surface area contributed by atoms with Gasteiger partial charge in [-0.3, -0.25) is 4.90 Å². The molecule has 244 valence electrons. The molecule has 2 aliphatic heterocycles. The Kier molecular flexibility index (Phi) is 11.0. The highest BCUT2D eigenvalue weighted by atomic mass is 79.9. The highest BCUT2D eigenvalue weighted by Gasteiger charge is 2.51. The number of benzene rings is 1. The molecular weight excluding hydrogens is 659 g/mol. The van der Waals surface area contributed by atoms with Crippen molar-refractivity contribution in [1.29, 1.82) is 0 Å². The lowest BCUT2D eigenvalue weighted by molar-refractivity contribution is -0.198. The molecule has 0 saturated carbocycles. The summed E-state index contributed by atoms with van der Waals surface area (Å²) < 4.78 is 58.8. The van der Waals surface area contributed by atoms with Gasteiger partial charge < -0.3 is 24.8 Å². The lowest BCUT2D eigenvalue weighted by Crippen LogP contribution is -2.43. The van der Waals surface area contributed by atoms with Crippen molar-refractivity contribution < 1.29 is 37.0 Å². The Morgan fingerprint density at radius 1 is 1.16 bits per heavy atom. The van der Waals surface area contributed by atoms with Crippen LogP contribution in [0.2, 0.25) is 0 Å². The van der Waals surface area contributed by atoms with Crippen molar-refractivity contribution in [2.75, 3.05) is 43.5 Å². The molecule has 4 rings (SSSR count). The van der Waals surface area contributed by atoms with Crippen LogP contribution in [0.1, 0.15) is 51.7 Å². The van der Waals surface area contributed by atoms with Gasteiger partial charge in [0, 0.05) is 35.7 Å². The largest absolute Gasteiger partial charge is 0.464 e. The molecule has 14 heteroatoms. The monoisotopic (exact) mass is 695 g/mol. The highest BCUT2D eigenvalue weighted by Crippen LogP contribution is 2.45. The third kappa shape index (κ3) is 8.47. The maximum absolute atomic E-state index is 14.0. The van der Waals surface area contributed by atoms with Crippen molar-refractivity contribution in [2.45, 2.75) is 58.4 Å². The Balaban J connectivity index is 1.48. The molecule has 1 spiro atoms. The van der Waals surface area contributed by atoms with Gasteiger partial charge >= 0.3 is 18.2 Å². The van der Waals surface area contributed by atoms with Crippen molar-refractivity contribution in [3.63, 3.8) is 0 Å². The molecule has 1 amide bonds. The number of hydrogen-bond donors (Lipinski definition) is 1. The maximum Gasteiger partial charge on any atom is 0.429 e. The van der Waals surface area contributed by atoms with E-state index in [4.69, 9.17) is 19.9 Å². The molecule has 0 bridgehead atoms. The number of amides is 1. The molecule has 0 aliphatic carbocycles. The minimum atomic E-state index is -4.71. The van der Waals surface area contributed by atoms with Crippen molar-refractivity contribution in [1.82, 2.24) is 14.9 Å². The van der Waals surface area contributed by atoms with Crippen molar-refractivity contribution in [2.24, 2.45) is 5.41 Å². The van der Waals surface area contributed by atoms with Crippen LogP contribution in [0.3, 0.4) is 0 Å². The van der Waals surface area contributed by atoms with E-state index in [0.29, 0.717) is 49.2 Å². The number of likely N-dealkylation sites (tertiary alicyclic amines) is 1. The summed E-state index contributed by atoms with van der Waals surface area (Å²) in [5.74, 6) is -0.694. The van der Waals surface area contributed by atoms with Gasteiger partial charge in [-0.1, -0.05) is 46.3 Å². The molecule has 0 radical (unpaired) electrons. The van der Waals surface area contributed by atoms with Crippen LogP contribution in [-0.4, -0.2) is 72.0 Å². The number of anilines is 2. The Morgan fingerprint density at radius 2 is 1.84 bits per heavy atom. The molecule has 2 aliphatic rings. The fraction of sp³-hybridized carbons (Fsp3) is 0.484. The lowest BCUT2D eigenvalue weighted by atomic mass is 9.76. The number of esters is 1. The first-order chi connectivity index (χ1) is 21.4. The number of aromatic nitrogens is 2. The van der Waals surface area contributed by atoms with E-state index in [1.807, 2.05) is 37.0 Å². The van der Waals surface area contributed by atoms with E-state index in [0.717, 1.165) is 5.57 Å². The summed E-state index contributed by atoms with van der Waals surface area (Å²) in [5, 5.41) is 0. The molecule has 2 aromatic rings. The van der Waals surface area contributed by atoms with Crippen LogP contribution >= 0.6 is 15.9 Å². The fourth-order valence-corrected chi connectivity index (χ4v) is 5.94. The molecule has 2 N–H and O–H groups in total. The molecule has 45 heavy (non-hydrogen) atoms. The van der Waals surface area contributed by atoms with Crippen LogP contribution in [0.4, 0.5) is 29.7 Å². The zero-order valence-electron chi connectivity index (χ0n) is 25.3. The maximum atomic E-state index is 14.0. The Labute approximate surface area is 268 Å². The minimum absolute atomic E-state index is 0.0725. The molecule has 10 nitrogen and oxygen atoms in total. The number of hydrogen-bond acceptors (Lipinski definition) is 9. The van der Waals surface area contributed by atoms with E-state index in [9.17, 15) is 22.8 Å². The van der Waals surface area contributed by atoms with E-state index in [1.54, 1.807) is 6.92 Å². The number of carbonyl (C=O) groups excluding carboxylic acids is 2. The Morgan fingerprint density at radius 3 is 2.44 bits per heavy atom. The van der Waals surface area contributed by atoms with Gasteiger partial charge in [0.2, 0.25) is 17.9 Å². The van der Waals surface area contributed by atoms with Crippen molar-refractivity contribution in [3.05, 3.63) is 64.2 Å². The number of rotatable bonds is 9. The summed E-state index contributed by atoms with van der Waals surface area (Å²) in [6.07, 6.45) is -0.464. The third-order valence-electron chi connectivity index (χ3n) is 7.98. The summed E-state index contributed by atoms with van der Waals surface area (Å²) in [6, 6.07) is 6.20. The number of ether oxygens (including phenoxy) is 3. The highest BCUT2D eigenvalue weighted by molar-refractivity contribution is 9.10. The van der Waals surface area contributed by atoms with Gasteiger partial charge in [-0.05, 0) is 63.2 Å². The first kappa shape index (κ1) is 34.1. The van der Waals surface area contributed by atoms with Crippen molar-refractivity contribution in [3.8, 4) is 5.88 Å². The SMILES string of the molecule is C/C=C\C(=C/C)COC(=O)N1CC2(CCN(c3cc(O[C@H](c4ccc(Br)cc4)C(F)(F)F)nc(N)n3)CC2)C[C@H]1C(=O)OCC. The molecule has 2 fully saturated rings. The topological polar surface area (TPSA) is 120 Å². The first-order valence-corrected chi connectivity index (χ1v) is 15.4. The van der Waals surface area contributed by atoms with Gasteiger partial charge in [0.25, 0.3) is 0 Å². The zero-order valence-corrected chi connectivity index (χ0v) is 26.9. The Bertz CT molecular complexity index is 1410. The predicted molar refractivity (Wildman–Crippen MR) is 166 cm³/mol. The summed E-state index contributed by atoms with van der Waals surface area (Å²) in [5.41, 5.74) is 6.25. The summed E-state index contributed by atoms with van der Waals surface area (Å²) in [6.45, 7) is 6.88. The Hall–Kier alpha value is -3.81. The molecule has 1 aromatic carbocycles. The number of piperidine rings is 1. The van der Waals surface area contributed by atoms with E-state index in [2.05, 4.69) is 25.9 Å². The average Bonchev–Trinajstić information content (AvgIpc) is 3.37. The molecule has 3 heterocycles. The second kappa shape index (κ2) is 14.5. The van der Waals surface area contributed by atoms with E-state index >= 15 is 0 Å². The van der Waals surface area contributed by atoms with E-state index < -0.39 is 30.4 Å². The number of halogens is 4. The number of allylic oxidation sites excluding steroid dienone is 2. The fourth-order valence-electron chi connectivity index (χ4n) is 5.67. The van der Waals surface area contributed by atoms with Gasteiger partial charge in [-0.2, -0.15) is 23.1 Å².